The number of rotatable bonds is 5. The molecule has 20 heavy (non-hydrogen) atoms. The van der Waals surface area contributed by atoms with E-state index in [1.807, 2.05) is 33.8 Å². The molecule has 2 aromatic rings. The molecule has 2 aromatic heterocycles. The molecule has 0 aliphatic carbocycles. The molecule has 0 fully saturated rings. The molecule has 0 saturated heterocycles. The number of nitrogens with one attached hydrogen (secondary N) is 1. The second kappa shape index (κ2) is 6.30. The summed E-state index contributed by atoms with van der Waals surface area (Å²) in [6.45, 7) is 7.96. The van der Waals surface area contributed by atoms with Crippen molar-refractivity contribution >= 4 is 11.3 Å². The number of hydrogen-bond acceptors (Lipinski definition) is 6. The van der Waals surface area contributed by atoms with Crippen molar-refractivity contribution in [3.8, 4) is 5.75 Å². The van der Waals surface area contributed by atoms with Crippen molar-refractivity contribution in [2.24, 2.45) is 5.84 Å². The van der Waals surface area contributed by atoms with Gasteiger partial charge in [0, 0.05) is 6.20 Å². The third kappa shape index (κ3) is 3.33. The average Bonchev–Trinajstić information content (AvgIpc) is 2.69. The van der Waals surface area contributed by atoms with E-state index in [0.717, 1.165) is 26.9 Å². The van der Waals surface area contributed by atoms with Gasteiger partial charge in [0.15, 0.2) is 0 Å². The predicted octanol–water partition coefficient (Wildman–Crippen LogP) is 2.49. The van der Waals surface area contributed by atoms with Gasteiger partial charge in [0.2, 0.25) is 0 Å². The van der Waals surface area contributed by atoms with Crippen LogP contribution in [0.1, 0.15) is 41.0 Å². The average molecular weight is 292 g/mol. The van der Waals surface area contributed by atoms with Gasteiger partial charge >= 0.3 is 0 Å². The molecule has 6 heteroatoms. The van der Waals surface area contributed by atoms with Crippen LogP contribution >= 0.6 is 11.3 Å². The van der Waals surface area contributed by atoms with Crippen LogP contribution in [0.4, 0.5) is 0 Å². The molecule has 1 atom stereocenters. The maximum Gasteiger partial charge on any atom is 0.138 e. The number of nitrogens with two attached hydrogens (primary N) is 1. The highest BCUT2D eigenvalue weighted by Gasteiger charge is 2.19. The highest BCUT2D eigenvalue weighted by Crippen LogP contribution is 2.30. The van der Waals surface area contributed by atoms with Gasteiger partial charge in [0.1, 0.15) is 5.75 Å². The second-order valence-electron chi connectivity index (χ2n) is 4.90. The number of ether oxygens (including phenoxy) is 1. The summed E-state index contributed by atoms with van der Waals surface area (Å²) >= 11 is 1.64. The van der Waals surface area contributed by atoms with Crippen molar-refractivity contribution in [2.75, 3.05) is 0 Å². The van der Waals surface area contributed by atoms with Crippen molar-refractivity contribution in [3.63, 3.8) is 0 Å². The van der Waals surface area contributed by atoms with Gasteiger partial charge in [-0.1, -0.05) is 0 Å². The van der Waals surface area contributed by atoms with Crippen LogP contribution in [0.15, 0.2) is 18.5 Å². The van der Waals surface area contributed by atoms with E-state index in [1.54, 1.807) is 23.7 Å². The minimum Gasteiger partial charge on any atom is -0.489 e. The highest BCUT2D eigenvalue weighted by atomic mass is 32.1. The Bertz CT molecular complexity index is 582. The lowest BCUT2D eigenvalue weighted by atomic mass is 10.1. The summed E-state index contributed by atoms with van der Waals surface area (Å²) in [7, 11) is 0. The van der Waals surface area contributed by atoms with Crippen LogP contribution < -0.4 is 16.0 Å². The summed E-state index contributed by atoms with van der Waals surface area (Å²) < 4.78 is 5.68. The first-order valence-electron chi connectivity index (χ1n) is 6.53. The monoisotopic (exact) mass is 292 g/mol. The summed E-state index contributed by atoms with van der Waals surface area (Å²) in [4.78, 5) is 9.78. The van der Waals surface area contributed by atoms with Gasteiger partial charge in [0.05, 0.1) is 33.9 Å². The Labute approximate surface area is 123 Å². The van der Waals surface area contributed by atoms with Crippen LogP contribution in [-0.4, -0.2) is 16.1 Å². The van der Waals surface area contributed by atoms with Crippen molar-refractivity contribution in [3.05, 3.63) is 39.6 Å². The zero-order chi connectivity index (χ0) is 14.7. The summed E-state index contributed by atoms with van der Waals surface area (Å²) in [5.74, 6) is 6.47. The summed E-state index contributed by atoms with van der Waals surface area (Å²) in [5.41, 5.74) is 4.81. The minimum atomic E-state index is -0.121. The van der Waals surface area contributed by atoms with Crippen LogP contribution in [0.5, 0.6) is 5.75 Å². The fraction of sp³-hybridized carbons (Fsp3) is 0.429. The molecule has 0 aromatic carbocycles. The van der Waals surface area contributed by atoms with E-state index in [0.29, 0.717) is 0 Å². The first kappa shape index (κ1) is 14.9. The Morgan fingerprint density at radius 3 is 2.60 bits per heavy atom. The van der Waals surface area contributed by atoms with Crippen molar-refractivity contribution in [2.45, 2.75) is 39.8 Å². The van der Waals surface area contributed by atoms with E-state index in [4.69, 9.17) is 10.6 Å². The van der Waals surface area contributed by atoms with Gasteiger partial charge in [-0.2, -0.15) is 0 Å². The molecule has 0 aliphatic rings. The first-order valence-corrected chi connectivity index (χ1v) is 7.34. The Hall–Kier alpha value is -1.50. The van der Waals surface area contributed by atoms with Crippen LogP contribution in [0.25, 0.3) is 0 Å². The molecule has 0 aliphatic heterocycles. The SMILES string of the molecule is Cc1nc(C)c(C(NN)c2cncc(OC(C)C)c2)s1. The van der Waals surface area contributed by atoms with E-state index in [1.165, 1.54) is 0 Å². The van der Waals surface area contributed by atoms with E-state index in [2.05, 4.69) is 15.4 Å². The molecule has 108 valence electrons. The van der Waals surface area contributed by atoms with Crippen LogP contribution in [0, 0.1) is 13.8 Å². The Morgan fingerprint density at radius 1 is 1.30 bits per heavy atom. The van der Waals surface area contributed by atoms with Gasteiger partial charge in [-0.05, 0) is 39.3 Å². The fourth-order valence-electron chi connectivity index (χ4n) is 2.07. The van der Waals surface area contributed by atoms with Crippen molar-refractivity contribution in [1.29, 1.82) is 0 Å². The fourth-order valence-corrected chi connectivity index (χ4v) is 3.08. The summed E-state index contributed by atoms with van der Waals surface area (Å²) in [6.07, 6.45) is 3.62. The highest BCUT2D eigenvalue weighted by molar-refractivity contribution is 7.11. The quantitative estimate of drug-likeness (QED) is 0.654. The van der Waals surface area contributed by atoms with Crippen LogP contribution in [-0.2, 0) is 0 Å². The van der Waals surface area contributed by atoms with Crippen LogP contribution in [0.3, 0.4) is 0 Å². The number of pyridine rings is 1. The van der Waals surface area contributed by atoms with Crippen molar-refractivity contribution in [1.82, 2.24) is 15.4 Å². The first-order chi connectivity index (χ1) is 9.51. The maximum atomic E-state index is 5.73. The molecule has 0 bridgehead atoms. The standard InChI is InChI=1S/C14H20N4OS/c1-8(2)19-12-5-11(6-16-7-12)13(18-15)14-9(3)17-10(4)20-14/h5-8,13,18H,15H2,1-4H3. The second-order valence-corrected chi connectivity index (χ2v) is 6.14. The molecule has 2 heterocycles. The third-order valence-corrected chi connectivity index (χ3v) is 3.95. The zero-order valence-electron chi connectivity index (χ0n) is 12.2. The lowest BCUT2D eigenvalue weighted by Crippen LogP contribution is -2.28. The number of thiazole rings is 1. The molecule has 5 nitrogen and oxygen atoms in total. The zero-order valence-corrected chi connectivity index (χ0v) is 13.0. The van der Waals surface area contributed by atoms with Gasteiger partial charge in [-0.25, -0.2) is 10.4 Å². The van der Waals surface area contributed by atoms with Gasteiger partial charge in [-0.3, -0.25) is 10.8 Å². The molecule has 1 unspecified atom stereocenters. The minimum absolute atomic E-state index is 0.115. The number of aryl methyl sites for hydroxylation is 2. The number of hydrogen-bond donors (Lipinski definition) is 2. The lowest BCUT2D eigenvalue weighted by Gasteiger charge is -2.17. The maximum absolute atomic E-state index is 5.73. The van der Waals surface area contributed by atoms with Gasteiger partial charge in [0.25, 0.3) is 0 Å². The van der Waals surface area contributed by atoms with Gasteiger partial charge < -0.3 is 4.74 Å². The normalized spacial score (nSPS) is 12.7. The smallest absolute Gasteiger partial charge is 0.138 e. The van der Waals surface area contributed by atoms with Crippen molar-refractivity contribution < 1.29 is 4.74 Å². The predicted molar refractivity (Wildman–Crippen MR) is 80.8 cm³/mol. The van der Waals surface area contributed by atoms with E-state index < -0.39 is 0 Å². The molecular weight excluding hydrogens is 272 g/mol. The number of nitrogens with zero attached hydrogens (tertiary/aromatic N) is 2. The molecule has 0 saturated carbocycles. The van der Waals surface area contributed by atoms with Gasteiger partial charge in [-0.15, -0.1) is 11.3 Å². The molecule has 0 spiro atoms. The summed E-state index contributed by atoms with van der Waals surface area (Å²) in [6, 6.07) is 1.84. The molecule has 0 amide bonds. The largest absolute Gasteiger partial charge is 0.489 e. The molecule has 3 N–H and O–H groups in total. The number of aromatic nitrogens is 2. The third-order valence-electron chi connectivity index (χ3n) is 2.81. The van der Waals surface area contributed by atoms with E-state index in [9.17, 15) is 0 Å². The Morgan fingerprint density at radius 2 is 2.05 bits per heavy atom. The Balaban J connectivity index is 2.34. The molecular formula is C14H20N4OS. The summed E-state index contributed by atoms with van der Waals surface area (Å²) in [5, 5.41) is 1.03. The van der Waals surface area contributed by atoms with Crippen LogP contribution in [0.2, 0.25) is 0 Å². The van der Waals surface area contributed by atoms with E-state index >= 15 is 0 Å². The number of hydrazine groups is 1. The molecule has 0 radical (unpaired) electrons. The lowest BCUT2D eigenvalue weighted by molar-refractivity contribution is 0.241. The topological polar surface area (TPSA) is 73.1 Å². The molecule has 2 rings (SSSR count). The Kier molecular flexibility index (Phi) is 4.69. The van der Waals surface area contributed by atoms with E-state index in [-0.39, 0.29) is 12.1 Å².